The second-order valence-corrected chi connectivity index (χ2v) is 3.74. The van der Waals surface area contributed by atoms with Crippen LogP contribution in [0.1, 0.15) is 30.1 Å². The smallest absolute Gasteiger partial charge is 0.328 e. The third-order valence-corrected chi connectivity index (χ3v) is 2.34. The topological polar surface area (TPSA) is 73.2 Å². The number of aryl methyl sites for hydroxylation is 1. The van der Waals surface area contributed by atoms with E-state index in [1.165, 1.54) is 18.0 Å². The molecule has 1 rings (SSSR count). The quantitative estimate of drug-likeness (QED) is 0.759. The Kier molecular flexibility index (Phi) is 4.68. The fourth-order valence-electron chi connectivity index (χ4n) is 1.46. The van der Waals surface area contributed by atoms with Crippen LogP contribution < -0.4 is 5.32 Å². The maximum atomic E-state index is 11.8. The predicted octanol–water partition coefficient (Wildman–Crippen LogP) is 0.492. The lowest BCUT2D eigenvalue weighted by Gasteiger charge is -2.14. The van der Waals surface area contributed by atoms with Crippen LogP contribution in [-0.4, -0.2) is 34.8 Å². The highest BCUT2D eigenvalue weighted by Crippen LogP contribution is 2.02. The first kappa shape index (κ1) is 13.2. The van der Waals surface area contributed by atoms with Gasteiger partial charge in [-0.1, -0.05) is 13.3 Å². The Morgan fingerprint density at radius 3 is 2.76 bits per heavy atom. The van der Waals surface area contributed by atoms with E-state index in [9.17, 15) is 9.59 Å². The zero-order valence-corrected chi connectivity index (χ0v) is 10.3. The summed E-state index contributed by atoms with van der Waals surface area (Å²) in [6.45, 7) is 1.94. The Labute approximate surface area is 99.9 Å². The molecule has 0 aliphatic heterocycles. The molecular weight excluding hydrogens is 222 g/mol. The zero-order chi connectivity index (χ0) is 12.8. The lowest BCUT2D eigenvalue weighted by molar-refractivity contribution is -0.143. The molecule has 0 aliphatic rings. The molecule has 1 aromatic heterocycles. The van der Waals surface area contributed by atoms with E-state index >= 15 is 0 Å². The maximum Gasteiger partial charge on any atom is 0.328 e. The van der Waals surface area contributed by atoms with Crippen molar-refractivity contribution in [2.45, 2.75) is 25.8 Å². The summed E-state index contributed by atoms with van der Waals surface area (Å²) in [6.07, 6.45) is 4.39. The van der Waals surface area contributed by atoms with Crippen LogP contribution >= 0.6 is 0 Å². The zero-order valence-electron chi connectivity index (χ0n) is 10.3. The Balaban J connectivity index is 2.67. The molecule has 17 heavy (non-hydrogen) atoms. The number of esters is 1. The average Bonchev–Trinajstić information content (AvgIpc) is 2.74. The van der Waals surface area contributed by atoms with E-state index in [1.54, 1.807) is 13.2 Å². The minimum Gasteiger partial charge on any atom is -0.467 e. The minimum atomic E-state index is -0.599. The number of ether oxygens (including phenoxy) is 1. The van der Waals surface area contributed by atoms with Gasteiger partial charge in [-0.2, -0.15) is 5.10 Å². The molecule has 0 fully saturated rings. The van der Waals surface area contributed by atoms with Crippen molar-refractivity contribution in [3.8, 4) is 0 Å². The molecule has 0 radical (unpaired) electrons. The Hall–Kier alpha value is -1.85. The van der Waals surface area contributed by atoms with Gasteiger partial charge in [-0.25, -0.2) is 4.79 Å². The van der Waals surface area contributed by atoms with Crippen molar-refractivity contribution in [2.24, 2.45) is 7.05 Å². The normalized spacial score (nSPS) is 11.9. The van der Waals surface area contributed by atoms with Crippen molar-refractivity contribution in [1.82, 2.24) is 15.1 Å². The van der Waals surface area contributed by atoms with E-state index in [4.69, 9.17) is 0 Å². The van der Waals surface area contributed by atoms with Gasteiger partial charge in [-0.15, -0.1) is 0 Å². The SMILES string of the molecule is CCCC(NC(=O)c1cnn(C)c1)C(=O)OC. The molecule has 0 saturated carbocycles. The molecule has 1 N–H and O–H groups in total. The van der Waals surface area contributed by atoms with Gasteiger partial charge in [0.05, 0.1) is 18.9 Å². The standard InChI is InChI=1S/C11H17N3O3/c1-4-5-9(11(16)17-3)13-10(15)8-6-12-14(2)7-8/h6-7,9H,4-5H2,1-3H3,(H,13,15). The van der Waals surface area contributed by atoms with Crippen LogP contribution in [-0.2, 0) is 16.6 Å². The highest BCUT2D eigenvalue weighted by Gasteiger charge is 2.21. The molecule has 1 unspecified atom stereocenters. The first-order chi connectivity index (χ1) is 8.08. The van der Waals surface area contributed by atoms with Gasteiger partial charge in [-0.05, 0) is 6.42 Å². The summed E-state index contributed by atoms with van der Waals surface area (Å²) in [5.41, 5.74) is 0.428. The van der Waals surface area contributed by atoms with E-state index in [-0.39, 0.29) is 5.91 Å². The van der Waals surface area contributed by atoms with E-state index in [0.717, 1.165) is 6.42 Å². The Morgan fingerprint density at radius 2 is 2.29 bits per heavy atom. The minimum absolute atomic E-state index is 0.318. The van der Waals surface area contributed by atoms with Gasteiger partial charge in [0.1, 0.15) is 6.04 Å². The van der Waals surface area contributed by atoms with Crippen LogP contribution in [0.4, 0.5) is 0 Å². The molecular formula is C11H17N3O3. The summed E-state index contributed by atoms with van der Waals surface area (Å²) in [6, 6.07) is -0.599. The van der Waals surface area contributed by atoms with Gasteiger partial charge < -0.3 is 10.1 Å². The van der Waals surface area contributed by atoms with Gasteiger partial charge in [0, 0.05) is 13.2 Å². The predicted molar refractivity (Wildman–Crippen MR) is 61.4 cm³/mol. The fraction of sp³-hybridized carbons (Fsp3) is 0.545. The van der Waals surface area contributed by atoms with Crippen LogP contribution in [0, 0.1) is 0 Å². The number of aromatic nitrogens is 2. The number of hydrogen-bond acceptors (Lipinski definition) is 4. The van der Waals surface area contributed by atoms with Crippen LogP contribution in [0.15, 0.2) is 12.4 Å². The number of rotatable bonds is 5. The largest absolute Gasteiger partial charge is 0.467 e. The second kappa shape index (κ2) is 6.03. The molecule has 0 bridgehead atoms. The molecule has 0 spiro atoms. The molecule has 6 heteroatoms. The third-order valence-electron chi connectivity index (χ3n) is 2.34. The van der Waals surface area contributed by atoms with Crippen molar-refractivity contribution >= 4 is 11.9 Å². The van der Waals surface area contributed by atoms with Crippen molar-refractivity contribution in [3.05, 3.63) is 18.0 Å². The molecule has 0 saturated heterocycles. The summed E-state index contributed by atoms with van der Waals surface area (Å²) < 4.78 is 6.16. The average molecular weight is 239 g/mol. The van der Waals surface area contributed by atoms with E-state index in [1.807, 2.05) is 6.92 Å². The highest BCUT2D eigenvalue weighted by atomic mass is 16.5. The van der Waals surface area contributed by atoms with Crippen molar-refractivity contribution in [3.63, 3.8) is 0 Å². The van der Waals surface area contributed by atoms with Crippen molar-refractivity contribution in [2.75, 3.05) is 7.11 Å². The molecule has 1 aromatic rings. The third kappa shape index (κ3) is 3.58. The first-order valence-electron chi connectivity index (χ1n) is 5.45. The van der Waals surface area contributed by atoms with E-state index in [2.05, 4.69) is 15.2 Å². The Bertz CT molecular complexity index is 400. The van der Waals surface area contributed by atoms with E-state index in [0.29, 0.717) is 12.0 Å². The summed E-state index contributed by atoms with van der Waals surface area (Å²) in [5, 5.41) is 6.53. The van der Waals surface area contributed by atoms with Gasteiger partial charge in [-0.3, -0.25) is 9.48 Å². The number of carbonyl (C=O) groups excluding carboxylic acids is 2. The van der Waals surface area contributed by atoms with Gasteiger partial charge in [0.15, 0.2) is 0 Å². The second-order valence-electron chi connectivity index (χ2n) is 3.74. The van der Waals surface area contributed by atoms with Gasteiger partial charge >= 0.3 is 5.97 Å². The molecule has 0 aromatic carbocycles. The summed E-state index contributed by atoms with van der Waals surface area (Å²) >= 11 is 0. The van der Waals surface area contributed by atoms with E-state index < -0.39 is 12.0 Å². The highest BCUT2D eigenvalue weighted by molar-refractivity contribution is 5.96. The number of hydrogen-bond donors (Lipinski definition) is 1. The number of amides is 1. The van der Waals surface area contributed by atoms with Crippen LogP contribution in [0.2, 0.25) is 0 Å². The summed E-state index contributed by atoms with van der Waals surface area (Å²) in [5.74, 6) is -0.744. The summed E-state index contributed by atoms with van der Waals surface area (Å²) in [7, 11) is 3.03. The summed E-state index contributed by atoms with van der Waals surface area (Å²) in [4.78, 5) is 23.2. The molecule has 1 amide bonds. The number of nitrogens with zero attached hydrogens (tertiary/aromatic N) is 2. The van der Waals surface area contributed by atoms with Gasteiger partial charge in [0.2, 0.25) is 0 Å². The van der Waals surface area contributed by atoms with Crippen molar-refractivity contribution < 1.29 is 14.3 Å². The molecule has 6 nitrogen and oxygen atoms in total. The van der Waals surface area contributed by atoms with Gasteiger partial charge in [0.25, 0.3) is 5.91 Å². The molecule has 0 aliphatic carbocycles. The molecule has 94 valence electrons. The first-order valence-corrected chi connectivity index (χ1v) is 5.45. The lowest BCUT2D eigenvalue weighted by Crippen LogP contribution is -2.41. The lowest BCUT2D eigenvalue weighted by atomic mass is 10.1. The maximum absolute atomic E-state index is 11.8. The number of carbonyl (C=O) groups is 2. The Morgan fingerprint density at radius 1 is 1.59 bits per heavy atom. The van der Waals surface area contributed by atoms with Crippen LogP contribution in [0.3, 0.4) is 0 Å². The molecule has 1 atom stereocenters. The van der Waals surface area contributed by atoms with Crippen LogP contribution in [0.5, 0.6) is 0 Å². The monoisotopic (exact) mass is 239 g/mol. The number of nitrogens with one attached hydrogen (secondary N) is 1. The molecule has 1 heterocycles. The number of methoxy groups -OCH3 is 1. The van der Waals surface area contributed by atoms with Crippen molar-refractivity contribution in [1.29, 1.82) is 0 Å². The van der Waals surface area contributed by atoms with Crippen LogP contribution in [0.25, 0.3) is 0 Å². The fourth-order valence-corrected chi connectivity index (χ4v) is 1.46.